The van der Waals surface area contributed by atoms with Crippen molar-refractivity contribution in [2.75, 3.05) is 10.6 Å². The van der Waals surface area contributed by atoms with Gasteiger partial charge in [-0.3, -0.25) is 4.68 Å². The molecule has 2 N–H and O–H groups in total. The number of aromatic nitrogens is 2. The van der Waals surface area contributed by atoms with E-state index in [2.05, 4.69) is 20.5 Å². The normalized spacial score (nSPS) is 10.8. The van der Waals surface area contributed by atoms with Crippen molar-refractivity contribution in [1.29, 1.82) is 0 Å². The van der Waals surface area contributed by atoms with Crippen LogP contribution in [0.4, 0.5) is 24.5 Å². The summed E-state index contributed by atoms with van der Waals surface area (Å²) >= 11 is 5.24. The minimum atomic E-state index is -2.94. The number of anilines is 2. The molecule has 0 atom stereocenters. The van der Waals surface area contributed by atoms with Gasteiger partial charge in [0.2, 0.25) is 0 Å². The van der Waals surface area contributed by atoms with Crippen LogP contribution in [0.5, 0.6) is 5.75 Å². The van der Waals surface area contributed by atoms with Crippen LogP contribution >= 0.6 is 12.2 Å². The van der Waals surface area contributed by atoms with E-state index >= 15 is 0 Å². The molecule has 0 aliphatic heterocycles. The standard InChI is InChI=1S/C19H17F3N4OS/c1-12-5-6-17(27-18(21)22)16(7-12)25-19(28)24-15-9-23-26(11-15)10-13-3-2-4-14(20)8-13/h2-9,11,18H,10H2,1H3,(H2,24,25,28). The van der Waals surface area contributed by atoms with E-state index in [4.69, 9.17) is 12.2 Å². The summed E-state index contributed by atoms with van der Waals surface area (Å²) in [4.78, 5) is 0. The van der Waals surface area contributed by atoms with Crippen molar-refractivity contribution in [2.45, 2.75) is 20.1 Å². The Hall–Kier alpha value is -3.07. The first kappa shape index (κ1) is 19.7. The van der Waals surface area contributed by atoms with Gasteiger partial charge >= 0.3 is 6.61 Å². The van der Waals surface area contributed by atoms with Crippen LogP contribution in [0.2, 0.25) is 0 Å². The lowest BCUT2D eigenvalue weighted by Crippen LogP contribution is -2.19. The summed E-state index contributed by atoms with van der Waals surface area (Å²) in [5.74, 6) is -0.320. The lowest BCUT2D eigenvalue weighted by atomic mass is 10.2. The molecule has 0 unspecified atom stereocenters. The second-order valence-electron chi connectivity index (χ2n) is 6.01. The van der Waals surface area contributed by atoms with E-state index in [1.807, 2.05) is 6.92 Å². The zero-order chi connectivity index (χ0) is 20.1. The third-order valence-electron chi connectivity index (χ3n) is 3.72. The number of nitrogens with zero attached hydrogens (tertiary/aromatic N) is 2. The Kier molecular flexibility index (Phi) is 6.15. The Morgan fingerprint density at radius 3 is 2.79 bits per heavy atom. The van der Waals surface area contributed by atoms with Crippen LogP contribution in [0, 0.1) is 12.7 Å². The summed E-state index contributed by atoms with van der Waals surface area (Å²) < 4.78 is 44.5. The molecular formula is C19H17F3N4OS. The maximum absolute atomic E-state index is 13.3. The zero-order valence-corrected chi connectivity index (χ0v) is 15.6. The summed E-state index contributed by atoms with van der Waals surface area (Å²) in [7, 11) is 0. The fourth-order valence-electron chi connectivity index (χ4n) is 2.56. The van der Waals surface area contributed by atoms with Crippen LogP contribution in [-0.4, -0.2) is 21.5 Å². The van der Waals surface area contributed by atoms with Crippen molar-refractivity contribution in [3.8, 4) is 5.75 Å². The minimum absolute atomic E-state index is 0.00782. The van der Waals surface area contributed by atoms with Gasteiger partial charge in [0.05, 0.1) is 24.1 Å². The van der Waals surface area contributed by atoms with E-state index in [0.717, 1.165) is 11.1 Å². The Balaban J connectivity index is 1.64. The smallest absolute Gasteiger partial charge is 0.387 e. The maximum Gasteiger partial charge on any atom is 0.387 e. The molecule has 0 bridgehead atoms. The van der Waals surface area contributed by atoms with Gasteiger partial charge in [-0.25, -0.2) is 4.39 Å². The minimum Gasteiger partial charge on any atom is -0.433 e. The Morgan fingerprint density at radius 1 is 1.21 bits per heavy atom. The van der Waals surface area contributed by atoms with Crippen molar-refractivity contribution in [1.82, 2.24) is 9.78 Å². The van der Waals surface area contributed by atoms with Crippen molar-refractivity contribution < 1.29 is 17.9 Å². The summed E-state index contributed by atoms with van der Waals surface area (Å²) in [6.07, 6.45) is 3.26. The highest BCUT2D eigenvalue weighted by Crippen LogP contribution is 2.27. The lowest BCUT2D eigenvalue weighted by Gasteiger charge is -2.14. The van der Waals surface area contributed by atoms with Gasteiger partial charge < -0.3 is 15.4 Å². The average molecular weight is 406 g/mol. The molecule has 0 amide bonds. The van der Waals surface area contributed by atoms with E-state index in [1.54, 1.807) is 41.3 Å². The maximum atomic E-state index is 13.3. The zero-order valence-electron chi connectivity index (χ0n) is 14.8. The number of thiocarbonyl (C=S) groups is 1. The lowest BCUT2D eigenvalue weighted by molar-refractivity contribution is -0.0493. The Morgan fingerprint density at radius 2 is 2.04 bits per heavy atom. The fourth-order valence-corrected chi connectivity index (χ4v) is 2.79. The summed E-state index contributed by atoms with van der Waals surface area (Å²) in [6, 6.07) is 11.0. The summed E-state index contributed by atoms with van der Waals surface area (Å²) in [6.45, 7) is -0.723. The van der Waals surface area contributed by atoms with E-state index < -0.39 is 6.61 Å². The topological polar surface area (TPSA) is 51.1 Å². The van der Waals surface area contributed by atoms with Gasteiger partial charge in [-0.15, -0.1) is 0 Å². The highest BCUT2D eigenvalue weighted by Gasteiger charge is 2.11. The van der Waals surface area contributed by atoms with Gasteiger partial charge in [-0.05, 0) is 54.5 Å². The molecule has 3 rings (SSSR count). The molecule has 5 nitrogen and oxygen atoms in total. The largest absolute Gasteiger partial charge is 0.433 e. The molecule has 0 fully saturated rings. The SMILES string of the molecule is Cc1ccc(OC(F)F)c(NC(=S)Nc2cnn(Cc3cccc(F)c3)c2)c1. The van der Waals surface area contributed by atoms with Gasteiger partial charge in [-0.2, -0.15) is 13.9 Å². The summed E-state index contributed by atoms with van der Waals surface area (Å²) in [5.41, 5.74) is 2.54. The number of hydrogen-bond donors (Lipinski definition) is 2. The number of nitrogens with one attached hydrogen (secondary N) is 2. The number of aryl methyl sites for hydroxylation is 1. The first-order chi connectivity index (χ1) is 13.4. The van der Waals surface area contributed by atoms with Gasteiger partial charge in [0, 0.05) is 6.20 Å². The van der Waals surface area contributed by atoms with Crippen molar-refractivity contribution in [2.24, 2.45) is 0 Å². The van der Waals surface area contributed by atoms with Crippen molar-refractivity contribution >= 4 is 28.7 Å². The second-order valence-corrected chi connectivity index (χ2v) is 6.42. The third kappa shape index (κ3) is 5.46. The van der Waals surface area contributed by atoms with Gasteiger partial charge in [-0.1, -0.05) is 18.2 Å². The molecule has 0 aliphatic carbocycles. The fraction of sp³-hybridized carbons (Fsp3) is 0.158. The molecule has 3 aromatic rings. The van der Waals surface area contributed by atoms with E-state index in [1.165, 1.54) is 18.2 Å². The van der Waals surface area contributed by atoms with Crippen LogP contribution in [0.25, 0.3) is 0 Å². The molecule has 28 heavy (non-hydrogen) atoms. The first-order valence-electron chi connectivity index (χ1n) is 8.29. The number of alkyl halides is 2. The number of hydrogen-bond acceptors (Lipinski definition) is 3. The molecule has 146 valence electrons. The van der Waals surface area contributed by atoms with E-state index in [-0.39, 0.29) is 16.7 Å². The average Bonchev–Trinajstić information content (AvgIpc) is 3.03. The molecule has 2 aromatic carbocycles. The van der Waals surface area contributed by atoms with Gasteiger partial charge in [0.1, 0.15) is 11.6 Å². The third-order valence-corrected chi connectivity index (χ3v) is 3.93. The Bertz CT molecular complexity index is 977. The van der Waals surface area contributed by atoms with Crippen LogP contribution in [0.15, 0.2) is 54.9 Å². The number of benzene rings is 2. The highest BCUT2D eigenvalue weighted by atomic mass is 32.1. The molecule has 0 radical (unpaired) electrons. The highest BCUT2D eigenvalue weighted by molar-refractivity contribution is 7.80. The van der Waals surface area contributed by atoms with Crippen molar-refractivity contribution in [3.05, 3.63) is 71.8 Å². The molecule has 1 aromatic heterocycles. The molecular weight excluding hydrogens is 389 g/mol. The predicted molar refractivity (Wildman–Crippen MR) is 105 cm³/mol. The van der Waals surface area contributed by atoms with Crippen molar-refractivity contribution in [3.63, 3.8) is 0 Å². The number of rotatable bonds is 6. The monoisotopic (exact) mass is 406 g/mol. The van der Waals surface area contributed by atoms with Crippen LogP contribution in [0.3, 0.4) is 0 Å². The predicted octanol–water partition coefficient (Wildman–Crippen LogP) is 4.79. The van der Waals surface area contributed by atoms with E-state index in [9.17, 15) is 13.2 Å². The van der Waals surface area contributed by atoms with Gasteiger partial charge in [0.25, 0.3) is 0 Å². The Labute approximate surface area is 165 Å². The second kappa shape index (κ2) is 8.75. The number of ether oxygens (including phenoxy) is 1. The quantitative estimate of drug-likeness (QED) is 0.577. The van der Waals surface area contributed by atoms with Crippen LogP contribution in [0.1, 0.15) is 11.1 Å². The first-order valence-corrected chi connectivity index (χ1v) is 8.70. The van der Waals surface area contributed by atoms with E-state index in [0.29, 0.717) is 17.9 Å². The number of halogens is 3. The molecule has 9 heteroatoms. The molecule has 0 aliphatic rings. The van der Waals surface area contributed by atoms with Crippen LogP contribution in [-0.2, 0) is 6.54 Å². The van der Waals surface area contributed by atoms with Crippen LogP contribution < -0.4 is 15.4 Å². The molecule has 1 heterocycles. The molecule has 0 saturated heterocycles. The molecule has 0 saturated carbocycles. The van der Waals surface area contributed by atoms with Gasteiger partial charge in [0.15, 0.2) is 5.11 Å². The molecule has 0 spiro atoms. The summed E-state index contributed by atoms with van der Waals surface area (Å²) in [5, 5.41) is 10.2.